The van der Waals surface area contributed by atoms with Crippen LogP contribution in [0.5, 0.6) is 0 Å². The maximum atomic E-state index is 5.24. The maximum absolute atomic E-state index is 5.24. The zero-order chi connectivity index (χ0) is 13.0. The Morgan fingerprint density at radius 1 is 1.22 bits per heavy atom. The van der Waals surface area contributed by atoms with E-state index in [0.717, 1.165) is 18.5 Å². The van der Waals surface area contributed by atoms with E-state index in [-0.39, 0.29) is 0 Å². The lowest BCUT2D eigenvalue weighted by Gasteiger charge is -2.11. The van der Waals surface area contributed by atoms with Crippen molar-refractivity contribution in [2.75, 3.05) is 5.32 Å². The van der Waals surface area contributed by atoms with Crippen molar-refractivity contribution in [2.24, 2.45) is 5.10 Å². The third-order valence-corrected chi connectivity index (χ3v) is 3.54. The maximum Gasteiger partial charge on any atom is 0.191 e. The van der Waals surface area contributed by atoms with Crippen molar-refractivity contribution in [2.45, 2.75) is 39.5 Å². The molecule has 0 unspecified atom stereocenters. The van der Waals surface area contributed by atoms with Gasteiger partial charge in [0.2, 0.25) is 0 Å². The summed E-state index contributed by atoms with van der Waals surface area (Å²) in [5.74, 6) is 0. The minimum Gasteiger partial charge on any atom is -0.331 e. The van der Waals surface area contributed by atoms with Gasteiger partial charge in [0.15, 0.2) is 5.11 Å². The summed E-state index contributed by atoms with van der Waals surface area (Å²) in [7, 11) is 0. The molecule has 0 saturated heterocycles. The number of nitrogens with one attached hydrogen (secondary N) is 2. The average Bonchev–Trinajstić information content (AvgIpc) is 2.86. The van der Waals surface area contributed by atoms with E-state index in [1.807, 2.05) is 12.1 Å². The van der Waals surface area contributed by atoms with E-state index in [1.165, 1.54) is 29.7 Å². The van der Waals surface area contributed by atoms with Crippen LogP contribution in [0.1, 0.15) is 36.8 Å². The second-order valence-corrected chi connectivity index (χ2v) is 5.11. The molecule has 0 aromatic heterocycles. The number of anilines is 1. The molecular weight excluding hydrogens is 242 g/mol. The number of hydrazone groups is 1. The summed E-state index contributed by atoms with van der Waals surface area (Å²) in [5, 5.41) is 8.08. The summed E-state index contributed by atoms with van der Waals surface area (Å²) in [4.78, 5) is 0. The van der Waals surface area contributed by atoms with E-state index < -0.39 is 0 Å². The number of hydrogen-bond donors (Lipinski definition) is 2. The van der Waals surface area contributed by atoms with Crippen molar-refractivity contribution < 1.29 is 0 Å². The monoisotopic (exact) mass is 261 g/mol. The molecular formula is C14H19N3S. The first kappa shape index (κ1) is 13.0. The first-order chi connectivity index (χ1) is 8.66. The SMILES string of the molecule is Cc1cccc(NC(=S)NN=C2CCCC2)c1C. The zero-order valence-electron chi connectivity index (χ0n) is 10.9. The lowest BCUT2D eigenvalue weighted by atomic mass is 10.1. The van der Waals surface area contributed by atoms with Crippen molar-refractivity contribution in [3.63, 3.8) is 0 Å². The topological polar surface area (TPSA) is 36.4 Å². The number of benzene rings is 1. The highest BCUT2D eigenvalue weighted by Gasteiger charge is 2.08. The summed E-state index contributed by atoms with van der Waals surface area (Å²) >= 11 is 5.24. The van der Waals surface area contributed by atoms with E-state index in [2.05, 4.69) is 35.8 Å². The smallest absolute Gasteiger partial charge is 0.191 e. The minimum atomic E-state index is 0.558. The Morgan fingerprint density at radius 3 is 2.67 bits per heavy atom. The Balaban J connectivity index is 1.94. The third kappa shape index (κ3) is 3.29. The van der Waals surface area contributed by atoms with E-state index in [9.17, 15) is 0 Å². The van der Waals surface area contributed by atoms with Gasteiger partial charge in [-0.1, -0.05) is 12.1 Å². The predicted octanol–water partition coefficient (Wildman–Crippen LogP) is 3.52. The van der Waals surface area contributed by atoms with E-state index >= 15 is 0 Å². The van der Waals surface area contributed by atoms with Crippen LogP contribution in [-0.4, -0.2) is 10.8 Å². The third-order valence-electron chi connectivity index (χ3n) is 3.35. The molecule has 2 N–H and O–H groups in total. The van der Waals surface area contributed by atoms with Crippen molar-refractivity contribution in [1.82, 2.24) is 5.43 Å². The summed E-state index contributed by atoms with van der Waals surface area (Å²) in [6.07, 6.45) is 4.69. The highest BCUT2D eigenvalue weighted by atomic mass is 32.1. The van der Waals surface area contributed by atoms with Gasteiger partial charge in [-0.2, -0.15) is 5.10 Å². The zero-order valence-corrected chi connectivity index (χ0v) is 11.7. The fourth-order valence-electron chi connectivity index (χ4n) is 2.06. The van der Waals surface area contributed by atoms with Gasteiger partial charge in [0.05, 0.1) is 0 Å². The van der Waals surface area contributed by atoms with Gasteiger partial charge < -0.3 is 5.32 Å². The second kappa shape index (κ2) is 5.96. The molecule has 1 aliphatic carbocycles. The van der Waals surface area contributed by atoms with Crippen molar-refractivity contribution in [1.29, 1.82) is 0 Å². The summed E-state index contributed by atoms with van der Waals surface area (Å²) in [5.41, 5.74) is 7.66. The van der Waals surface area contributed by atoms with E-state index in [4.69, 9.17) is 12.2 Å². The summed E-state index contributed by atoms with van der Waals surface area (Å²) < 4.78 is 0. The molecule has 1 aliphatic rings. The fourth-order valence-corrected chi connectivity index (χ4v) is 2.22. The Hall–Kier alpha value is -1.42. The first-order valence-corrected chi connectivity index (χ1v) is 6.76. The van der Waals surface area contributed by atoms with Crippen molar-refractivity contribution >= 4 is 28.7 Å². The largest absolute Gasteiger partial charge is 0.331 e. The molecule has 0 bridgehead atoms. The molecule has 4 heteroatoms. The van der Waals surface area contributed by atoms with E-state index in [0.29, 0.717) is 5.11 Å². The second-order valence-electron chi connectivity index (χ2n) is 4.70. The minimum absolute atomic E-state index is 0.558. The molecule has 0 aliphatic heterocycles. The Bertz CT molecular complexity index is 472. The molecule has 18 heavy (non-hydrogen) atoms. The number of thiocarbonyl (C=S) groups is 1. The molecule has 96 valence electrons. The molecule has 3 nitrogen and oxygen atoms in total. The number of nitrogens with zero attached hydrogens (tertiary/aromatic N) is 1. The number of rotatable bonds is 2. The predicted molar refractivity (Wildman–Crippen MR) is 81.2 cm³/mol. The molecule has 0 radical (unpaired) electrons. The van der Waals surface area contributed by atoms with Crippen LogP contribution in [0.3, 0.4) is 0 Å². The van der Waals surface area contributed by atoms with Gasteiger partial charge >= 0.3 is 0 Å². The Labute approximate surface area is 114 Å². The lowest BCUT2D eigenvalue weighted by Crippen LogP contribution is -2.25. The Kier molecular flexibility index (Phi) is 4.31. The van der Waals surface area contributed by atoms with Crippen molar-refractivity contribution in [3.8, 4) is 0 Å². The standard InChI is InChI=1S/C14H19N3S/c1-10-6-5-9-13(11(10)2)15-14(18)17-16-12-7-3-4-8-12/h5-6,9H,3-4,7-8H2,1-2H3,(H2,15,17,18). The van der Waals surface area contributed by atoms with Crippen LogP contribution in [0.4, 0.5) is 5.69 Å². The van der Waals surface area contributed by atoms with Gasteiger partial charge in [0, 0.05) is 11.4 Å². The van der Waals surface area contributed by atoms with Crippen LogP contribution < -0.4 is 10.7 Å². The van der Waals surface area contributed by atoms with Gasteiger partial charge in [-0.3, -0.25) is 5.43 Å². The van der Waals surface area contributed by atoms with Gasteiger partial charge in [0.25, 0.3) is 0 Å². The summed E-state index contributed by atoms with van der Waals surface area (Å²) in [6.45, 7) is 4.18. The fraction of sp³-hybridized carbons (Fsp3) is 0.429. The molecule has 1 saturated carbocycles. The molecule has 1 fully saturated rings. The van der Waals surface area contributed by atoms with Crippen LogP contribution in [-0.2, 0) is 0 Å². The molecule has 2 rings (SSSR count). The number of hydrogen-bond acceptors (Lipinski definition) is 2. The molecule has 1 aromatic carbocycles. The average molecular weight is 261 g/mol. The quantitative estimate of drug-likeness (QED) is 0.631. The first-order valence-electron chi connectivity index (χ1n) is 6.35. The van der Waals surface area contributed by atoms with Crippen LogP contribution >= 0.6 is 12.2 Å². The highest BCUT2D eigenvalue weighted by molar-refractivity contribution is 7.80. The van der Waals surface area contributed by atoms with Crippen LogP contribution in [0.25, 0.3) is 0 Å². The normalized spacial score (nSPS) is 14.4. The van der Waals surface area contributed by atoms with Crippen molar-refractivity contribution in [3.05, 3.63) is 29.3 Å². The molecule has 0 atom stereocenters. The molecule has 0 heterocycles. The van der Waals surface area contributed by atoms with Gasteiger partial charge in [-0.05, 0) is 68.9 Å². The molecule has 1 aromatic rings. The Morgan fingerprint density at radius 2 is 1.94 bits per heavy atom. The van der Waals surface area contributed by atoms with Crippen LogP contribution in [0.2, 0.25) is 0 Å². The number of aryl methyl sites for hydroxylation is 1. The molecule has 0 amide bonds. The summed E-state index contributed by atoms with van der Waals surface area (Å²) in [6, 6.07) is 6.14. The van der Waals surface area contributed by atoms with E-state index in [1.54, 1.807) is 0 Å². The van der Waals surface area contributed by atoms with Gasteiger partial charge in [0.1, 0.15) is 0 Å². The van der Waals surface area contributed by atoms with Crippen LogP contribution in [0.15, 0.2) is 23.3 Å². The van der Waals surface area contributed by atoms with Gasteiger partial charge in [-0.25, -0.2) is 0 Å². The lowest BCUT2D eigenvalue weighted by molar-refractivity contribution is 0.886. The molecule has 0 spiro atoms. The van der Waals surface area contributed by atoms with Gasteiger partial charge in [-0.15, -0.1) is 0 Å². The van der Waals surface area contributed by atoms with Crippen LogP contribution in [0, 0.1) is 13.8 Å². The highest BCUT2D eigenvalue weighted by Crippen LogP contribution is 2.18.